The van der Waals surface area contributed by atoms with Gasteiger partial charge >= 0.3 is 70.6 Å². The fourth-order valence-electron chi connectivity index (χ4n) is 4.28. The maximum absolute atomic E-state index is 12.9. The van der Waals surface area contributed by atoms with E-state index in [-0.39, 0.29) is 35.1 Å². The number of halogens is 4. The van der Waals surface area contributed by atoms with Crippen LogP contribution in [0.5, 0.6) is 0 Å². The molecule has 21 nitrogen and oxygen atoms in total. The standard InChI is InChI=1S/C8H11B2FN2O4.C7H8BFN2O3.C7H10BFN2O.C6H5FN2O2.C2H5B2O3/c1-9(14)12(10(2)15)7-4-3-6(11)5-8(7)13(16)17;1-8(12)10-6-3-2-5(9)4-7(6)11(13)14;1-8(12)11-7-3-2-5(9)4-6(7)10;7-4-1-2-5(8)6(3-4)9(10)11;1-3-7-6-2-4-5/h3-5,14-15H,1-2H3;2-4,10,12H,1H3;2-4,11-12H,10H2,1H3;1-3H,8H2;2H2,1H3. The molecule has 0 saturated heterocycles. The third kappa shape index (κ3) is 21.5. The quantitative estimate of drug-likeness (QED) is 0.0170. The molecule has 0 amide bonds. The molecule has 0 aliphatic carbocycles. The number of nitro benzene ring substituents is 3. The van der Waals surface area contributed by atoms with E-state index in [1.807, 2.05) is 0 Å². The van der Waals surface area contributed by atoms with E-state index < -0.39 is 77.5 Å². The second-order valence-electron chi connectivity index (χ2n) is 11.6. The number of nitro groups is 3. The van der Waals surface area contributed by atoms with E-state index in [0.29, 0.717) is 12.8 Å². The molecule has 31 heteroatoms. The van der Waals surface area contributed by atoms with Crippen molar-refractivity contribution in [2.24, 2.45) is 0 Å². The van der Waals surface area contributed by atoms with Gasteiger partial charge in [0.2, 0.25) is 0 Å². The van der Waals surface area contributed by atoms with Crippen molar-refractivity contribution in [2.45, 2.75) is 34.1 Å². The molecule has 1 radical (unpaired) electrons. The smallest absolute Gasteiger partial charge is 0.295 e. The molecule has 4 rings (SSSR count). The molecule has 0 fully saturated rings. The normalized spacial score (nSPS) is 9.46. The number of rotatable bonds is 14. The maximum Gasteiger partial charge on any atom is 0.295 e. The molecule has 0 heterocycles. The third-order valence-corrected chi connectivity index (χ3v) is 6.61. The topological polar surface area (TPSA) is 325 Å². The minimum atomic E-state index is -1.14. The van der Waals surface area contributed by atoms with Crippen LogP contribution in [0.4, 0.5) is 63.1 Å². The number of nitrogens with one attached hydrogen (secondary N) is 2. The van der Waals surface area contributed by atoms with Crippen LogP contribution in [0.1, 0.15) is 0 Å². The first kappa shape index (κ1) is 54.7. The first-order valence-corrected chi connectivity index (χ1v) is 17.1. The van der Waals surface area contributed by atoms with Crippen LogP contribution in [0.3, 0.4) is 0 Å². The van der Waals surface area contributed by atoms with Gasteiger partial charge in [-0.3, -0.25) is 30.3 Å². The molecule has 4 aromatic carbocycles. The fraction of sp³-hybridized carbons (Fsp3) is 0.200. The Labute approximate surface area is 348 Å². The monoisotopic (exact) mass is 861 g/mol. The Bertz CT molecular complexity index is 2030. The molecule has 0 aromatic heterocycles. The zero-order valence-corrected chi connectivity index (χ0v) is 33.0. The number of benzene rings is 4. The van der Waals surface area contributed by atoms with Crippen LogP contribution in [0, 0.1) is 53.6 Å². The van der Waals surface area contributed by atoms with Crippen molar-refractivity contribution in [3.05, 3.63) is 126 Å². The first-order valence-electron chi connectivity index (χ1n) is 17.1. The SMILES string of the molecule is CB(O)N(B(C)O)c1ccc(F)cc1[N+](=O)[O-].CB(O)Nc1ccc(F)cc1N.CB(O)Nc1ccc(F)cc1[N+](=O)[O-].C[B]OOCB=O.Nc1ccc(F)cc1[N+](=O)[O-]. The number of hydrogen-bond donors (Lipinski definition) is 8. The Balaban J connectivity index is 0.000000756. The Morgan fingerprint density at radius 3 is 1.48 bits per heavy atom. The predicted octanol–water partition coefficient (Wildman–Crippen LogP) is 3.87. The molecular weight excluding hydrogens is 821 g/mol. The van der Waals surface area contributed by atoms with Crippen molar-refractivity contribution < 1.29 is 66.8 Å². The van der Waals surface area contributed by atoms with Gasteiger partial charge in [0.25, 0.3) is 17.1 Å². The van der Waals surface area contributed by atoms with Gasteiger partial charge in [-0.25, -0.2) is 17.6 Å². The van der Waals surface area contributed by atoms with Crippen molar-refractivity contribution in [1.82, 2.24) is 0 Å². The van der Waals surface area contributed by atoms with E-state index in [9.17, 15) is 62.7 Å². The van der Waals surface area contributed by atoms with Gasteiger partial charge in [-0.2, -0.15) is 0 Å². The molecule has 10 N–H and O–H groups in total. The summed E-state index contributed by atoms with van der Waals surface area (Å²) in [7, 11) is -1.94. The van der Waals surface area contributed by atoms with Crippen molar-refractivity contribution in [3.8, 4) is 0 Å². The molecule has 0 atom stereocenters. The molecule has 61 heavy (non-hydrogen) atoms. The number of nitrogens with zero attached hydrogens (tertiary/aromatic N) is 4. The van der Waals surface area contributed by atoms with Gasteiger partial charge < -0.3 is 46.7 Å². The van der Waals surface area contributed by atoms with Crippen LogP contribution in [0.2, 0.25) is 34.1 Å². The Morgan fingerprint density at radius 2 is 1.07 bits per heavy atom. The average molecular weight is 861 g/mol. The molecule has 4 aromatic rings. The molecule has 0 aliphatic rings. The number of hydrogen-bond acceptors (Lipinski definition) is 18. The van der Waals surface area contributed by atoms with Gasteiger partial charge in [0.05, 0.1) is 44.3 Å². The summed E-state index contributed by atoms with van der Waals surface area (Å²) in [6.45, 7) is 7.31. The van der Waals surface area contributed by atoms with E-state index in [4.69, 9.17) is 21.5 Å². The summed E-state index contributed by atoms with van der Waals surface area (Å²) in [5, 5.41) is 73.3. The van der Waals surface area contributed by atoms with Crippen LogP contribution >= 0.6 is 0 Å². The van der Waals surface area contributed by atoms with E-state index in [0.717, 1.165) is 53.3 Å². The summed E-state index contributed by atoms with van der Waals surface area (Å²) in [6, 6.07) is 13.0. The van der Waals surface area contributed by atoms with E-state index in [2.05, 4.69) is 20.1 Å². The fourth-order valence-corrected chi connectivity index (χ4v) is 4.28. The minimum Gasteiger partial charge on any atom is -0.393 e. The van der Waals surface area contributed by atoms with Gasteiger partial charge in [0.1, 0.15) is 34.6 Å². The number of nitrogens with two attached hydrogens (primary N) is 2. The Hall–Kier alpha value is -6.25. The number of anilines is 5. The summed E-state index contributed by atoms with van der Waals surface area (Å²) >= 11 is 0. The van der Waals surface area contributed by atoms with Crippen molar-refractivity contribution in [3.63, 3.8) is 0 Å². The van der Waals surface area contributed by atoms with Crippen LogP contribution in [0.25, 0.3) is 0 Å². The van der Waals surface area contributed by atoms with Crippen LogP contribution in [-0.2, 0) is 14.4 Å². The van der Waals surface area contributed by atoms with Gasteiger partial charge in [-0.05, 0) is 81.9 Å². The summed E-state index contributed by atoms with van der Waals surface area (Å²) in [4.78, 5) is 37.6. The first-order chi connectivity index (χ1) is 28.5. The Morgan fingerprint density at radius 1 is 0.656 bits per heavy atom. The second kappa shape index (κ2) is 28.3. The molecule has 323 valence electrons. The summed E-state index contributed by atoms with van der Waals surface area (Å²) < 4.78 is 60.9. The second-order valence-corrected chi connectivity index (χ2v) is 11.6. The molecule has 0 spiro atoms. The molecule has 0 unspecified atom stereocenters. The summed E-state index contributed by atoms with van der Waals surface area (Å²) in [6.07, 6.45) is 0. The van der Waals surface area contributed by atoms with Crippen molar-refractivity contribution in [1.29, 1.82) is 0 Å². The van der Waals surface area contributed by atoms with Crippen molar-refractivity contribution >= 4 is 88.3 Å². The maximum atomic E-state index is 12.9. The molecule has 0 saturated carbocycles. The number of nitrogen functional groups attached to an aromatic ring is 2. The zero-order chi connectivity index (χ0) is 47.0. The Kier molecular flexibility index (Phi) is 25.4. The molecule has 0 bridgehead atoms. The van der Waals surface area contributed by atoms with Crippen LogP contribution < -0.4 is 26.6 Å². The van der Waals surface area contributed by atoms with E-state index >= 15 is 0 Å². The van der Waals surface area contributed by atoms with Gasteiger partial charge in [-0.15, -0.1) is 0 Å². The minimum absolute atomic E-state index is 0.00958. The van der Waals surface area contributed by atoms with Gasteiger partial charge in [0, 0.05) is 5.69 Å². The van der Waals surface area contributed by atoms with Gasteiger partial charge in [0.15, 0.2) is 0 Å². The molecule has 0 aliphatic heterocycles. The van der Waals surface area contributed by atoms with Crippen molar-refractivity contribution in [2.75, 3.05) is 33.2 Å². The summed E-state index contributed by atoms with van der Waals surface area (Å²) in [5.74, 6) is -2.49. The predicted molar refractivity (Wildman–Crippen MR) is 225 cm³/mol. The van der Waals surface area contributed by atoms with Crippen LogP contribution in [0.15, 0.2) is 72.8 Å². The van der Waals surface area contributed by atoms with Gasteiger partial charge in [-0.1, -0.05) is 0 Å². The largest absolute Gasteiger partial charge is 0.393 e. The zero-order valence-electron chi connectivity index (χ0n) is 33.0. The van der Waals surface area contributed by atoms with E-state index in [1.54, 1.807) is 13.6 Å². The third-order valence-electron chi connectivity index (χ3n) is 6.61. The van der Waals surface area contributed by atoms with E-state index in [1.165, 1.54) is 52.2 Å². The summed E-state index contributed by atoms with van der Waals surface area (Å²) in [5.41, 5.74) is 10.2. The molecular formula is C30H39B6F4N8O13. The van der Waals surface area contributed by atoms with Crippen LogP contribution in [-0.4, -0.2) is 84.2 Å². The average Bonchev–Trinajstić information content (AvgIpc) is 3.15.